The van der Waals surface area contributed by atoms with Gasteiger partial charge in [0.05, 0.1) is 12.4 Å². The van der Waals surface area contributed by atoms with E-state index in [1.54, 1.807) is 0 Å². The standard InChI is InChI=1S/C22H14N4/c1-2-14-6-18(20-11-25-26-12-20)8-16-4-3-15-7-17(19-9-23-24-10-19)5-13(1)21(15)22(14)16/h1-12H,(H,23,24)(H,25,26). The van der Waals surface area contributed by atoms with Crippen LogP contribution in [0.1, 0.15) is 0 Å². The number of hydrogen-bond donors (Lipinski definition) is 2. The minimum absolute atomic E-state index is 1.11. The highest BCUT2D eigenvalue weighted by molar-refractivity contribution is 6.24. The van der Waals surface area contributed by atoms with E-state index in [4.69, 9.17) is 0 Å². The van der Waals surface area contributed by atoms with Crippen LogP contribution in [0.25, 0.3) is 54.6 Å². The lowest BCUT2D eigenvalue weighted by atomic mass is 9.90. The molecule has 122 valence electrons. The van der Waals surface area contributed by atoms with E-state index < -0.39 is 0 Å². The predicted molar refractivity (Wildman–Crippen MR) is 105 cm³/mol. The second-order valence-electron chi connectivity index (χ2n) is 6.70. The highest BCUT2D eigenvalue weighted by atomic mass is 15.1. The van der Waals surface area contributed by atoms with Gasteiger partial charge in [-0.05, 0) is 67.7 Å². The van der Waals surface area contributed by atoms with Crippen molar-refractivity contribution < 1.29 is 0 Å². The number of benzene rings is 4. The van der Waals surface area contributed by atoms with E-state index in [2.05, 4.69) is 68.9 Å². The number of rotatable bonds is 2. The second kappa shape index (κ2) is 4.92. The van der Waals surface area contributed by atoms with E-state index in [1.807, 2.05) is 24.8 Å². The monoisotopic (exact) mass is 334 g/mol. The van der Waals surface area contributed by atoms with Crippen LogP contribution < -0.4 is 0 Å². The summed E-state index contributed by atoms with van der Waals surface area (Å²) in [5, 5.41) is 21.6. The summed E-state index contributed by atoms with van der Waals surface area (Å²) >= 11 is 0. The quantitative estimate of drug-likeness (QED) is 0.419. The van der Waals surface area contributed by atoms with Crippen molar-refractivity contribution in [3.8, 4) is 22.3 Å². The molecule has 2 heterocycles. The molecule has 0 aliphatic heterocycles. The van der Waals surface area contributed by atoms with E-state index in [0.717, 1.165) is 11.1 Å². The van der Waals surface area contributed by atoms with Gasteiger partial charge < -0.3 is 0 Å². The third-order valence-electron chi connectivity index (χ3n) is 5.20. The molecule has 0 saturated carbocycles. The van der Waals surface area contributed by atoms with Crippen LogP contribution in [0.15, 0.2) is 73.3 Å². The van der Waals surface area contributed by atoms with Gasteiger partial charge in [0.2, 0.25) is 0 Å². The lowest BCUT2D eigenvalue weighted by Gasteiger charge is -2.13. The van der Waals surface area contributed by atoms with Crippen molar-refractivity contribution >= 4 is 32.3 Å². The molecule has 4 aromatic carbocycles. The van der Waals surface area contributed by atoms with Crippen LogP contribution in [0.5, 0.6) is 0 Å². The summed E-state index contributed by atoms with van der Waals surface area (Å²) in [6, 6.07) is 17.8. The Morgan fingerprint density at radius 3 is 1.19 bits per heavy atom. The van der Waals surface area contributed by atoms with Crippen LogP contribution in [-0.2, 0) is 0 Å². The van der Waals surface area contributed by atoms with Crippen molar-refractivity contribution in [2.24, 2.45) is 0 Å². The van der Waals surface area contributed by atoms with Gasteiger partial charge in [-0.15, -0.1) is 0 Å². The Labute approximate surface area is 148 Å². The van der Waals surface area contributed by atoms with Crippen LogP contribution in [-0.4, -0.2) is 20.4 Å². The zero-order chi connectivity index (χ0) is 17.1. The molecular formula is C22H14N4. The fourth-order valence-corrected chi connectivity index (χ4v) is 3.99. The number of nitrogens with one attached hydrogen (secondary N) is 2. The molecular weight excluding hydrogens is 320 g/mol. The first-order valence-corrected chi connectivity index (χ1v) is 8.58. The molecule has 6 aromatic rings. The van der Waals surface area contributed by atoms with Crippen molar-refractivity contribution in [3.05, 3.63) is 73.3 Å². The summed E-state index contributed by atoms with van der Waals surface area (Å²) in [6.45, 7) is 0. The van der Waals surface area contributed by atoms with E-state index in [1.165, 1.54) is 43.4 Å². The number of hydrogen-bond acceptors (Lipinski definition) is 2. The predicted octanol–water partition coefficient (Wildman–Crippen LogP) is 5.36. The topological polar surface area (TPSA) is 57.4 Å². The third kappa shape index (κ3) is 1.84. The lowest BCUT2D eigenvalue weighted by molar-refractivity contribution is 1.09. The molecule has 0 spiro atoms. The Morgan fingerprint density at radius 2 is 0.885 bits per heavy atom. The normalized spacial score (nSPS) is 11.8. The summed E-state index contributed by atoms with van der Waals surface area (Å²) in [7, 11) is 0. The van der Waals surface area contributed by atoms with Gasteiger partial charge in [-0.25, -0.2) is 0 Å². The Balaban J connectivity index is 1.70. The highest BCUT2D eigenvalue weighted by Gasteiger charge is 2.12. The Kier molecular flexibility index (Phi) is 2.58. The Hall–Kier alpha value is -3.66. The van der Waals surface area contributed by atoms with Gasteiger partial charge in [-0.1, -0.05) is 24.3 Å². The molecule has 0 aliphatic rings. The smallest absolute Gasteiger partial charge is 0.0565 e. The van der Waals surface area contributed by atoms with E-state index in [-0.39, 0.29) is 0 Å². The second-order valence-corrected chi connectivity index (χ2v) is 6.70. The van der Waals surface area contributed by atoms with Gasteiger partial charge >= 0.3 is 0 Å². The molecule has 2 N–H and O–H groups in total. The van der Waals surface area contributed by atoms with Gasteiger partial charge in [0.15, 0.2) is 0 Å². The van der Waals surface area contributed by atoms with Crippen LogP contribution in [0.2, 0.25) is 0 Å². The molecule has 6 rings (SSSR count). The highest BCUT2D eigenvalue weighted by Crippen LogP contribution is 2.39. The zero-order valence-corrected chi connectivity index (χ0v) is 13.8. The maximum atomic E-state index is 4.08. The van der Waals surface area contributed by atoms with Crippen LogP contribution >= 0.6 is 0 Å². The summed E-state index contributed by atoms with van der Waals surface area (Å²) in [5.74, 6) is 0. The number of aromatic amines is 2. The van der Waals surface area contributed by atoms with Crippen molar-refractivity contribution in [2.75, 3.05) is 0 Å². The van der Waals surface area contributed by atoms with E-state index >= 15 is 0 Å². The number of H-pyrrole nitrogens is 2. The maximum absolute atomic E-state index is 4.08. The average Bonchev–Trinajstić information content (AvgIpc) is 3.39. The average molecular weight is 334 g/mol. The van der Waals surface area contributed by atoms with Gasteiger partial charge in [0, 0.05) is 23.5 Å². The molecule has 2 aromatic heterocycles. The zero-order valence-electron chi connectivity index (χ0n) is 13.8. The molecule has 0 unspecified atom stereocenters. The first-order valence-electron chi connectivity index (χ1n) is 8.58. The first kappa shape index (κ1) is 13.6. The molecule has 26 heavy (non-hydrogen) atoms. The summed E-state index contributed by atoms with van der Waals surface area (Å²) in [5.41, 5.74) is 4.59. The minimum Gasteiger partial charge on any atom is -0.285 e. The first-order chi connectivity index (χ1) is 12.9. The molecule has 4 nitrogen and oxygen atoms in total. The van der Waals surface area contributed by atoms with E-state index in [9.17, 15) is 0 Å². The molecule has 0 bridgehead atoms. The van der Waals surface area contributed by atoms with Crippen molar-refractivity contribution in [2.45, 2.75) is 0 Å². The molecule has 4 heteroatoms. The van der Waals surface area contributed by atoms with Gasteiger partial charge in [-0.3, -0.25) is 10.2 Å². The fraction of sp³-hybridized carbons (Fsp3) is 0. The largest absolute Gasteiger partial charge is 0.285 e. The maximum Gasteiger partial charge on any atom is 0.0565 e. The molecule has 0 atom stereocenters. The van der Waals surface area contributed by atoms with Gasteiger partial charge in [0.1, 0.15) is 0 Å². The number of aromatic nitrogens is 4. The SMILES string of the molecule is c1n[nH]cc1-c1cc2ccc3cc(-c4cn[nH]c4)cc4ccc(c1)c2c34. The Morgan fingerprint density at radius 1 is 0.500 bits per heavy atom. The van der Waals surface area contributed by atoms with E-state index in [0.29, 0.717) is 0 Å². The fourth-order valence-electron chi connectivity index (χ4n) is 3.99. The third-order valence-corrected chi connectivity index (χ3v) is 5.20. The van der Waals surface area contributed by atoms with Crippen molar-refractivity contribution in [1.29, 1.82) is 0 Å². The molecule has 0 saturated heterocycles. The number of nitrogens with zero attached hydrogens (tertiary/aromatic N) is 2. The molecule has 0 amide bonds. The Bertz CT molecular complexity index is 1190. The minimum atomic E-state index is 1.11. The summed E-state index contributed by atoms with van der Waals surface area (Å²) in [6.07, 6.45) is 7.60. The van der Waals surface area contributed by atoms with Gasteiger partial charge in [0.25, 0.3) is 0 Å². The van der Waals surface area contributed by atoms with Crippen LogP contribution in [0.4, 0.5) is 0 Å². The molecule has 0 aliphatic carbocycles. The van der Waals surface area contributed by atoms with Crippen molar-refractivity contribution in [1.82, 2.24) is 20.4 Å². The van der Waals surface area contributed by atoms with Crippen molar-refractivity contribution in [3.63, 3.8) is 0 Å². The molecule has 0 fully saturated rings. The van der Waals surface area contributed by atoms with Gasteiger partial charge in [-0.2, -0.15) is 10.2 Å². The summed E-state index contributed by atoms with van der Waals surface area (Å²) in [4.78, 5) is 0. The van der Waals surface area contributed by atoms with Crippen LogP contribution in [0.3, 0.4) is 0 Å². The van der Waals surface area contributed by atoms with Crippen LogP contribution in [0, 0.1) is 0 Å². The molecule has 0 radical (unpaired) electrons. The summed E-state index contributed by atoms with van der Waals surface area (Å²) < 4.78 is 0. The lowest BCUT2D eigenvalue weighted by Crippen LogP contribution is -1.86.